The van der Waals surface area contributed by atoms with Crippen molar-refractivity contribution >= 4 is 47.3 Å². The molecular weight excluding hydrogens is 409 g/mol. The normalized spacial score (nSPS) is 17.8. The molecule has 4 rings (SSSR count). The first-order valence-corrected chi connectivity index (χ1v) is 9.37. The SMILES string of the molecule is Cl.Cl.NC[C@H]1CCC[C@H]1C(=O)Nc1cccc(Oc2ccnc3ccccc23)c1. The Morgan fingerprint density at radius 2 is 1.93 bits per heavy atom. The molecule has 29 heavy (non-hydrogen) atoms. The zero-order chi connectivity index (χ0) is 18.6. The van der Waals surface area contributed by atoms with Crippen LogP contribution in [0.5, 0.6) is 11.5 Å². The lowest BCUT2D eigenvalue weighted by atomic mass is 9.95. The van der Waals surface area contributed by atoms with Gasteiger partial charge >= 0.3 is 0 Å². The molecule has 154 valence electrons. The van der Waals surface area contributed by atoms with Crippen LogP contribution in [0.4, 0.5) is 5.69 Å². The van der Waals surface area contributed by atoms with Gasteiger partial charge in [-0.1, -0.05) is 24.6 Å². The number of halogens is 2. The molecule has 7 heteroatoms. The van der Waals surface area contributed by atoms with Gasteiger partial charge in [-0.2, -0.15) is 0 Å². The summed E-state index contributed by atoms with van der Waals surface area (Å²) >= 11 is 0. The lowest BCUT2D eigenvalue weighted by molar-refractivity contribution is -0.120. The van der Waals surface area contributed by atoms with E-state index in [1.54, 1.807) is 6.20 Å². The van der Waals surface area contributed by atoms with Crippen LogP contribution in [0.25, 0.3) is 10.9 Å². The number of carbonyl (C=O) groups excluding carboxylic acids is 1. The molecule has 1 aliphatic rings. The summed E-state index contributed by atoms with van der Waals surface area (Å²) in [4.78, 5) is 17.0. The van der Waals surface area contributed by atoms with Crippen LogP contribution in [0.3, 0.4) is 0 Å². The molecule has 3 aromatic rings. The third-order valence-electron chi connectivity index (χ3n) is 5.24. The van der Waals surface area contributed by atoms with Crippen molar-refractivity contribution in [3.63, 3.8) is 0 Å². The highest BCUT2D eigenvalue weighted by Crippen LogP contribution is 2.33. The number of hydrogen-bond donors (Lipinski definition) is 2. The Bertz CT molecular complexity index is 962. The van der Waals surface area contributed by atoms with Crippen molar-refractivity contribution in [3.8, 4) is 11.5 Å². The average molecular weight is 434 g/mol. The summed E-state index contributed by atoms with van der Waals surface area (Å²) < 4.78 is 6.07. The first-order chi connectivity index (χ1) is 13.2. The van der Waals surface area contributed by atoms with Gasteiger partial charge in [0.05, 0.1) is 5.52 Å². The smallest absolute Gasteiger partial charge is 0.227 e. The summed E-state index contributed by atoms with van der Waals surface area (Å²) in [5.74, 6) is 1.75. The molecule has 0 radical (unpaired) electrons. The van der Waals surface area contributed by atoms with Gasteiger partial charge in [-0.05, 0) is 55.6 Å². The van der Waals surface area contributed by atoms with E-state index in [-0.39, 0.29) is 42.6 Å². The Morgan fingerprint density at radius 1 is 1.10 bits per heavy atom. The quantitative estimate of drug-likeness (QED) is 0.580. The molecule has 1 saturated carbocycles. The van der Waals surface area contributed by atoms with E-state index in [0.29, 0.717) is 12.3 Å². The Kier molecular flexibility index (Phi) is 8.26. The number of nitrogens with one attached hydrogen (secondary N) is 1. The highest BCUT2D eigenvalue weighted by atomic mass is 35.5. The second kappa shape index (κ2) is 10.4. The van der Waals surface area contributed by atoms with Crippen LogP contribution in [0, 0.1) is 11.8 Å². The lowest BCUT2D eigenvalue weighted by Crippen LogP contribution is -2.29. The summed E-state index contributed by atoms with van der Waals surface area (Å²) in [7, 11) is 0. The maximum absolute atomic E-state index is 12.6. The molecule has 3 N–H and O–H groups in total. The number of hydrogen-bond acceptors (Lipinski definition) is 4. The molecule has 0 saturated heterocycles. The fraction of sp³-hybridized carbons (Fsp3) is 0.273. The van der Waals surface area contributed by atoms with Crippen LogP contribution in [0.1, 0.15) is 19.3 Å². The number of carbonyl (C=O) groups is 1. The first-order valence-electron chi connectivity index (χ1n) is 9.37. The van der Waals surface area contributed by atoms with Crippen molar-refractivity contribution in [2.45, 2.75) is 19.3 Å². The number of ether oxygens (including phenoxy) is 1. The molecule has 1 amide bonds. The van der Waals surface area contributed by atoms with Gasteiger partial charge < -0.3 is 15.8 Å². The van der Waals surface area contributed by atoms with E-state index in [2.05, 4.69) is 10.3 Å². The van der Waals surface area contributed by atoms with Crippen LogP contribution >= 0.6 is 24.8 Å². The molecule has 1 heterocycles. The minimum absolute atomic E-state index is 0. The Hall–Kier alpha value is -2.34. The van der Waals surface area contributed by atoms with E-state index in [1.807, 2.05) is 54.6 Å². The molecule has 0 aliphatic heterocycles. The Balaban J connectivity index is 0.00000150. The molecule has 2 atom stereocenters. The summed E-state index contributed by atoms with van der Waals surface area (Å²) in [6.45, 7) is 0.566. The van der Waals surface area contributed by atoms with Crippen molar-refractivity contribution in [2.75, 3.05) is 11.9 Å². The number of para-hydroxylation sites is 1. The Morgan fingerprint density at radius 3 is 2.76 bits per heavy atom. The van der Waals surface area contributed by atoms with Gasteiger partial charge in [0, 0.05) is 29.3 Å². The van der Waals surface area contributed by atoms with Gasteiger partial charge in [0.2, 0.25) is 5.91 Å². The minimum Gasteiger partial charge on any atom is -0.457 e. The minimum atomic E-state index is 0. The van der Waals surface area contributed by atoms with E-state index in [9.17, 15) is 4.79 Å². The highest BCUT2D eigenvalue weighted by Gasteiger charge is 2.31. The average Bonchev–Trinajstić information content (AvgIpc) is 3.18. The first kappa shape index (κ1) is 22.9. The maximum Gasteiger partial charge on any atom is 0.227 e. The van der Waals surface area contributed by atoms with Gasteiger partial charge in [-0.3, -0.25) is 9.78 Å². The molecule has 0 bridgehead atoms. The highest BCUT2D eigenvalue weighted by molar-refractivity contribution is 5.93. The predicted octanol–water partition coefficient (Wildman–Crippen LogP) is 5.18. The van der Waals surface area contributed by atoms with Gasteiger partial charge in [-0.15, -0.1) is 24.8 Å². The number of anilines is 1. The van der Waals surface area contributed by atoms with Crippen LogP contribution in [-0.2, 0) is 4.79 Å². The van der Waals surface area contributed by atoms with Crippen molar-refractivity contribution in [1.29, 1.82) is 0 Å². The van der Waals surface area contributed by atoms with Gasteiger partial charge in [0.15, 0.2) is 0 Å². The van der Waals surface area contributed by atoms with Crippen LogP contribution < -0.4 is 15.8 Å². The summed E-state index contributed by atoms with van der Waals surface area (Å²) in [6, 6.07) is 17.2. The van der Waals surface area contributed by atoms with Crippen LogP contribution in [0.2, 0.25) is 0 Å². The number of nitrogens with two attached hydrogens (primary N) is 1. The van der Waals surface area contributed by atoms with Crippen LogP contribution in [0.15, 0.2) is 60.8 Å². The molecule has 1 aliphatic carbocycles. The number of pyridine rings is 1. The van der Waals surface area contributed by atoms with E-state index < -0.39 is 0 Å². The van der Waals surface area contributed by atoms with E-state index in [4.69, 9.17) is 10.5 Å². The van der Waals surface area contributed by atoms with E-state index in [1.165, 1.54) is 0 Å². The number of amides is 1. The summed E-state index contributed by atoms with van der Waals surface area (Å²) in [5, 5.41) is 3.97. The van der Waals surface area contributed by atoms with E-state index in [0.717, 1.165) is 41.6 Å². The number of nitrogens with zero attached hydrogens (tertiary/aromatic N) is 1. The summed E-state index contributed by atoms with van der Waals surface area (Å²) in [6.07, 6.45) is 4.74. The molecule has 0 spiro atoms. The number of fused-ring (bicyclic) bond motifs is 1. The third-order valence-corrected chi connectivity index (χ3v) is 5.24. The fourth-order valence-corrected chi connectivity index (χ4v) is 3.82. The van der Waals surface area contributed by atoms with Crippen molar-refractivity contribution in [3.05, 3.63) is 60.8 Å². The standard InChI is InChI=1S/C22H23N3O2.2ClH/c23-14-15-5-3-9-18(15)22(26)25-16-6-4-7-17(13-16)27-21-11-12-24-20-10-2-1-8-19(20)21;;/h1-2,4,6-8,10-13,15,18H,3,5,9,14,23H2,(H,25,26);2*1H/t15-,18-;;/m1../s1. The monoisotopic (exact) mass is 433 g/mol. The number of aromatic nitrogens is 1. The predicted molar refractivity (Wildman–Crippen MR) is 121 cm³/mol. The molecule has 1 fully saturated rings. The van der Waals surface area contributed by atoms with Crippen molar-refractivity contribution in [1.82, 2.24) is 4.98 Å². The van der Waals surface area contributed by atoms with E-state index >= 15 is 0 Å². The molecule has 0 unspecified atom stereocenters. The van der Waals surface area contributed by atoms with Crippen molar-refractivity contribution < 1.29 is 9.53 Å². The third kappa shape index (κ3) is 5.18. The van der Waals surface area contributed by atoms with Gasteiger partial charge in [-0.25, -0.2) is 0 Å². The molecular formula is C22H25Cl2N3O2. The zero-order valence-corrected chi connectivity index (χ0v) is 17.5. The van der Waals surface area contributed by atoms with Gasteiger partial charge in [0.1, 0.15) is 11.5 Å². The number of rotatable bonds is 5. The topological polar surface area (TPSA) is 77.2 Å². The maximum atomic E-state index is 12.6. The Labute approximate surface area is 182 Å². The van der Waals surface area contributed by atoms with Gasteiger partial charge in [0.25, 0.3) is 0 Å². The zero-order valence-electron chi connectivity index (χ0n) is 15.9. The molecule has 2 aromatic carbocycles. The lowest BCUT2D eigenvalue weighted by Gasteiger charge is -2.17. The van der Waals surface area contributed by atoms with Crippen molar-refractivity contribution in [2.24, 2.45) is 17.6 Å². The number of benzene rings is 2. The molecule has 5 nitrogen and oxygen atoms in total. The van der Waals surface area contributed by atoms with Crippen LogP contribution in [-0.4, -0.2) is 17.4 Å². The fourth-order valence-electron chi connectivity index (χ4n) is 3.82. The molecule has 1 aromatic heterocycles. The summed E-state index contributed by atoms with van der Waals surface area (Å²) in [5.41, 5.74) is 7.42. The second-order valence-corrected chi connectivity index (χ2v) is 6.98. The largest absolute Gasteiger partial charge is 0.457 e. The second-order valence-electron chi connectivity index (χ2n) is 6.98.